The molecule has 0 aliphatic rings. The minimum Gasteiger partial charge on any atom is -0.409 e. The third-order valence-electron chi connectivity index (χ3n) is 3.18. The van der Waals surface area contributed by atoms with Crippen LogP contribution in [0.15, 0.2) is 47.8 Å². The van der Waals surface area contributed by atoms with Crippen molar-refractivity contribution in [2.75, 3.05) is 0 Å². The molecule has 2 aromatic rings. The Labute approximate surface area is 122 Å². The van der Waals surface area contributed by atoms with Crippen molar-refractivity contribution >= 4 is 5.84 Å². The molecule has 1 atom stereocenters. The van der Waals surface area contributed by atoms with E-state index in [0.717, 1.165) is 5.56 Å². The van der Waals surface area contributed by atoms with Gasteiger partial charge in [-0.1, -0.05) is 23.4 Å². The number of nitrogens with two attached hydrogens (primary N) is 1. The summed E-state index contributed by atoms with van der Waals surface area (Å²) in [4.78, 5) is 4.01. The fourth-order valence-corrected chi connectivity index (χ4v) is 1.98. The molecule has 0 saturated heterocycles. The molecule has 1 aromatic carbocycles. The Morgan fingerprint density at radius 3 is 2.90 bits per heavy atom. The van der Waals surface area contributed by atoms with Gasteiger partial charge >= 0.3 is 0 Å². The summed E-state index contributed by atoms with van der Waals surface area (Å²) < 4.78 is 13.7. The highest BCUT2D eigenvalue weighted by atomic mass is 19.1. The second-order valence-corrected chi connectivity index (χ2v) is 4.66. The molecular weight excluding hydrogens is 271 g/mol. The molecule has 2 rings (SSSR count). The number of halogens is 1. The molecule has 1 heterocycles. The maximum absolute atomic E-state index is 13.7. The van der Waals surface area contributed by atoms with Crippen molar-refractivity contribution < 1.29 is 9.60 Å². The predicted molar refractivity (Wildman–Crippen MR) is 78.4 cm³/mol. The van der Waals surface area contributed by atoms with Crippen LogP contribution in [0.2, 0.25) is 0 Å². The van der Waals surface area contributed by atoms with Crippen LogP contribution in [0.25, 0.3) is 0 Å². The van der Waals surface area contributed by atoms with E-state index in [1.165, 1.54) is 6.07 Å². The Balaban J connectivity index is 2.05. The van der Waals surface area contributed by atoms with Crippen molar-refractivity contribution in [2.24, 2.45) is 10.9 Å². The van der Waals surface area contributed by atoms with Gasteiger partial charge in [-0.15, -0.1) is 0 Å². The number of aromatic nitrogens is 1. The standard InChI is InChI=1S/C15H17FN4O/c1-10(12-4-2-3-5-13(12)16)19-9-11-6-7-18-14(8-11)15(17)20-21/h2-8,10,19,21H,9H2,1H3,(H2,17,20). The molecule has 0 spiro atoms. The molecule has 0 amide bonds. The molecule has 1 aromatic heterocycles. The predicted octanol–water partition coefficient (Wildman–Crippen LogP) is 2.17. The molecule has 0 fully saturated rings. The summed E-state index contributed by atoms with van der Waals surface area (Å²) in [6.45, 7) is 2.41. The third-order valence-corrected chi connectivity index (χ3v) is 3.18. The van der Waals surface area contributed by atoms with E-state index in [4.69, 9.17) is 10.9 Å². The lowest BCUT2D eigenvalue weighted by atomic mass is 10.1. The maximum atomic E-state index is 13.7. The van der Waals surface area contributed by atoms with Gasteiger partial charge in [-0.05, 0) is 30.7 Å². The van der Waals surface area contributed by atoms with Crippen LogP contribution < -0.4 is 11.1 Å². The van der Waals surface area contributed by atoms with Gasteiger partial charge in [0.1, 0.15) is 11.5 Å². The first kappa shape index (κ1) is 14.9. The van der Waals surface area contributed by atoms with E-state index in [0.29, 0.717) is 17.8 Å². The molecule has 4 N–H and O–H groups in total. The van der Waals surface area contributed by atoms with Crippen LogP contribution in [-0.2, 0) is 6.54 Å². The van der Waals surface area contributed by atoms with Crippen LogP contribution in [0.1, 0.15) is 29.8 Å². The van der Waals surface area contributed by atoms with E-state index in [1.807, 2.05) is 13.0 Å². The van der Waals surface area contributed by atoms with E-state index >= 15 is 0 Å². The zero-order valence-corrected chi connectivity index (χ0v) is 11.6. The second kappa shape index (κ2) is 6.81. The van der Waals surface area contributed by atoms with E-state index in [2.05, 4.69) is 15.5 Å². The second-order valence-electron chi connectivity index (χ2n) is 4.66. The molecule has 0 radical (unpaired) electrons. The van der Waals surface area contributed by atoms with Gasteiger partial charge in [-0.3, -0.25) is 4.98 Å². The molecular formula is C15H17FN4O. The van der Waals surface area contributed by atoms with Gasteiger partial charge in [0.05, 0.1) is 0 Å². The number of nitrogens with zero attached hydrogens (tertiary/aromatic N) is 2. The highest BCUT2D eigenvalue weighted by Gasteiger charge is 2.10. The van der Waals surface area contributed by atoms with Gasteiger partial charge in [-0.25, -0.2) is 4.39 Å². The van der Waals surface area contributed by atoms with Crippen LogP contribution in [0.4, 0.5) is 4.39 Å². The number of rotatable bonds is 5. The Morgan fingerprint density at radius 2 is 2.19 bits per heavy atom. The maximum Gasteiger partial charge on any atom is 0.188 e. The number of oxime groups is 1. The molecule has 5 nitrogen and oxygen atoms in total. The molecule has 0 aliphatic carbocycles. The molecule has 6 heteroatoms. The molecule has 0 bridgehead atoms. The minimum atomic E-state index is -0.232. The lowest BCUT2D eigenvalue weighted by Crippen LogP contribution is -2.20. The Morgan fingerprint density at radius 1 is 1.43 bits per heavy atom. The van der Waals surface area contributed by atoms with E-state index in [9.17, 15) is 4.39 Å². The van der Waals surface area contributed by atoms with Crippen LogP contribution in [0.3, 0.4) is 0 Å². The number of benzene rings is 1. The molecule has 1 unspecified atom stereocenters. The highest BCUT2D eigenvalue weighted by Crippen LogP contribution is 2.16. The summed E-state index contributed by atoms with van der Waals surface area (Å²) in [5.74, 6) is -0.274. The number of amidine groups is 1. The van der Waals surface area contributed by atoms with Crippen molar-refractivity contribution in [1.82, 2.24) is 10.3 Å². The van der Waals surface area contributed by atoms with Crippen LogP contribution in [0.5, 0.6) is 0 Å². The number of nitrogens with one attached hydrogen (secondary N) is 1. The summed E-state index contributed by atoms with van der Waals surface area (Å²) in [5.41, 5.74) is 7.42. The van der Waals surface area contributed by atoms with Gasteiger partial charge in [-0.2, -0.15) is 0 Å². The smallest absolute Gasteiger partial charge is 0.188 e. The normalized spacial score (nSPS) is 13.1. The summed E-state index contributed by atoms with van der Waals surface area (Å²) in [6, 6.07) is 10.1. The van der Waals surface area contributed by atoms with Gasteiger partial charge in [0.25, 0.3) is 0 Å². The highest BCUT2D eigenvalue weighted by molar-refractivity contribution is 5.95. The molecule has 110 valence electrons. The first-order valence-electron chi connectivity index (χ1n) is 6.52. The van der Waals surface area contributed by atoms with Crippen molar-refractivity contribution in [3.8, 4) is 0 Å². The van der Waals surface area contributed by atoms with Crippen molar-refractivity contribution in [3.63, 3.8) is 0 Å². The zero-order chi connectivity index (χ0) is 15.2. The zero-order valence-electron chi connectivity index (χ0n) is 11.6. The third kappa shape index (κ3) is 3.76. The van der Waals surface area contributed by atoms with Crippen molar-refractivity contribution in [1.29, 1.82) is 0 Å². The lowest BCUT2D eigenvalue weighted by molar-refractivity contribution is 0.318. The fourth-order valence-electron chi connectivity index (χ4n) is 1.98. The van der Waals surface area contributed by atoms with E-state index < -0.39 is 0 Å². The number of hydrogen-bond acceptors (Lipinski definition) is 4. The fraction of sp³-hybridized carbons (Fsp3) is 0.200. The Hall–Kier alpha value is -2.47. The molecule has 0 aliphatic heterocycles. The summed E-state index contributed by atoms with van der Waals surface area (Å²) >= 11 is 0. The number of pyridine rings is 1. The average Bonchev–Trinajstić information content (AvgIpc) is 2.52. The first-order valence-corrected chi connectivity index (χ1v) is 6.52. The summed E-state index contributed by atoms with van der Waals surface area (Å²) in [6.07, 6.45) is 1.58. The SMILES string of the molecule is CC(NCc1ccnc(C(N)=NO)c1)c1ccccc1F. The summed E-state index contributed by atoms with van der Waals surface area (Å²) in [7, 11) is 0. The quantitative estimate of drug-likeness (QED) is 0.341. The van der Waals surface area contributed by atoms with Gasteiger partial charge < -0.3 is 16.3 Å². The number of hydrogen-bond donors (Lipinski definition) is 3. The minimum absolute atomic E-state index is 0.0426. The van der Waals surface area contributed by atoms with Gasteiger partial charge in [0, 0.05) is 24.3 Å². The van der Waals surface area contributed by atoms with Gasteiger partial charge in [0.2, 0.25) is 0 Å². The van der Waals surface area contributed by atoms with Crippen molar-refractivity contribution in [3.05, 3.63) is 65.2 Å². The average molecular weight is 288 g/mol. The van der Waals surface area contributed by atoms with E-state index in [-0.39, 0.29) is 17.7 Å². The lowest BCUT2D eigenvalue weighted by Gasteiger charge is -2.15. The molecule has 21 heavy (non-hydrogen) atoms. The van der Waals surface area contributed by atoms with Crippen molar-refractivity contribution in [2.45, 2.75) is 19.5 Å². The Bertz CT molecular complexity index is 645. The molecule has 0 saturated carbocycles. The topological polar surface area (TPSA) is 83.5 Å². The van der Waals surface area contributed by atoms with Crippen LogP contribution >= 0.6 is 0 Å². The summed E-state index contributed by atoms with van der Waals surface area (Å²) in [5, 5.41) is 14.8. The van der Waals surface area contributed by atoms with Crippen LogP contribution in [-0.4, -0.2) is 16.0 Å². The van der Waals surface area contributed by atoms with Crippen LogP contribution in [0, 0.1) is 5.82 Å². The van der Waals surface area contributed by atoms with Gasteiger partial charge in [0.15, 0.2) is 5.84 Å². The monoisotopic (exact) mass is 288 g/mol. The van der Waals surface area contributed by atoms with E-state index in [1.54, 1.807) is 30.5 Å². The largest absolute Gasteiger partial charge is 0.409 e. The Kier molecular flexibility index (Phi) is 4.84. The first-order chi connectivity index (χ1) is 10.1.